The predicted octanol–water partition coefficient (Wildman–Crippen LogP) is 15.2. The molecule has 0 N–H and O–H groups in total. The summed E-state index contributed by atoms with van der Waals surface area (Å²) in [6, 6.07) is 69.0. The summed E-state index contributed by atoms with van der Waals surface area (Å²) >= 11 is 0. The van der Waals surface area contributed by atoms with Crippen molar-refractivity contribution in [1.29, 1.82) is 0 Å². The summed E-state index contributed by atoms with van der Waals surface area (Å²) in [4.78, 5) is 2.36. The molecule has 0 aliphatic heterocycles. The van der Waals surface area contributed by atoms with Crippen LogP contribution >= 0.6 is 0 Å². The van der Waals surface area contributed by atoms with E-state index in [9.17, 15) is 0 Å². The smallest absolute Gasteiger partial charge is 0.0541 e. The van der Waals surface area contributed by atoms with Crippen LogP contribution in [0.3, 0.4) is 0 Å². The Bertz CT molecular complexity index is 2730. The molecule has 0 saturated heterocycles. The lowest BCUT2D eigenvalue weighted by Crippen LogP contribution is -2.10. The van der Waals surface area contributed by atoms with Crippen molar-refractivity contribution in [3.05, 3.63) is 205 Å². The van der Waals surface area contributed by atoms with Crippen molar-refractivity contribution in [2.24, 2.45) is 0 Å². The van der Waals surface area contributed by atoms with Crippen molar-refractivity contribution in [2.75, 3.05) is 4.90 Å². The summed E-state index contributed by atoms with van der Waals surface area (Å²) in [7, 11) is 0. The molecule has 0 aliphatic rings. The number of benzene rings is 8. The number of nitrogens with zero attached hydrogens (tertiary/aromatic N) is 2. The minimum atomic E-state index is 0.0521. The first-order valence-corrected chi connectivity index (χ1v) is 19.6. The van der Waals surface area contributed by atoms with Crippen LogP contribution in [0.2, 0.25) is 0 Å². The fraction of sp³-hybridized carbons (Fsp3) is 0.111. The Kier molecular flexibility index (Phi) is 8.90. The molecule has 0 fully saturated rings. The molecular formula is C54H46N2. The Morgan fingerprint density at radius 3 is 1.27 bits per heavy atom. The van der Waals surface area contributed by atoms with Crippen molar-refractivity contribution < 1.29 is 0 Å². The minimum Gasteiger partial charge on any atom is -0.311 e. The van der Waals surface area contributed by atoms with Crippen molar-refractivity contribution in [2.45, 2.75) is 40.0 Å². The molecule has 272 valence electrons. The van der Waals surface area contributed by atoms with E-state index in [1.165, 1.54) is 77.6 Å². The van der Waals surface area contributed by atoms with Crippen LogP contribution in [0.1, 0.15) is 37.5 Å². The van der Waals surface area contributed by atoms with Gasteiger partial charge in [-0.05, 0) is 131 Å². The van der Waals surface area contributed by atoms with Crippen LogP contribution in [0, 0.1) is 13.8 Å². The third-order valence-electron chi connectivity index (χ3n) is 11.1. The fourth-order valence-corrected chi connectivity index (χ4v) is 8.03. The van der Waals surface area contributed by atoms with E-state index in [1.54, 1.807) is 0 Å². The molecule has 56 heavy (non-hydrogen) atoms. The summed E-state index contributed by atoms with van der Waals surface area (Å²) in [5.74, 6) is 0. The third kappa shape index (κ3) is 6.69. The first-order valence-electron chi connectivity index (χ1n) is 19.6. The molecule has 8 aromatic carbocycles. The molecule has 0 saturated carbocycles. The van der Waals surface area contributed by atoms with Crippen LogP contribution in [0.4, 0.5) is 17.1 Å². The normalized spacial score (nSPS) is 11.7. The largest absolute Gasteiger partial charge is 0.311 e. The molecule has 0 spiro atoms. The van der Waals surface area contributed by atoms with Gasteiger partial charge < -0.3 is 9.47 Å². The quantitative estimate of drug-likeness (QED) is 0.159. The average molecular weight is 723 g/mol. The van der Waals surface area contributed by atoms with Gasteiger partial charge in [0.1, 0.15) is 0 Å². The first kappa shape index (κ1) is 35.1. The minimum absolute atomic E-state index is 0.0521. The summed E-state index contributed by atoms with van der Waals surface area (Å²) in [5, 5.41) is 2.55. The Hall–Kier alpha value is -6.64. The van der Waals surface area contributed by atoms with Crippen molar-refractivity contribution >= 4 is 38.9 Å². The van der Waals surface area contributed by atoms with E-state index >= 15 is 0 Å². The molecule has 0 amide bonds. The highest BCUT2D eigenvalue weighted by molar-refractivity contribution is 6.10. The zero-order valence-corrected chi connectivity index (χ0v) is 32.8. The van der Waals surface area contributed by atoms with Gasteiger partial charge >= 0.3 is 0 Å². The summed E-state index contributed by atoms with van der Waals surface area (Å²) in [6.45, 7) is 11.2. The Morgan fingerprint density at radius 2 is 0.804 bits per heavy atom. The standard InChI is InChI=1S/C54H46N2/c1-37-11-9-13-42(33-37)39-17-25-47(26-18-39)55(48-27-19-40(20-28-48)43-14-10-12-38(2)34-43)49-29-21-41(22-30-49)44-23-31-52-50(35-44)51-36-45(54(3,4)5)24-32-53(51)56(52)46-15-7-6-8-16-46/h6-36H,1-5H3. The fourth-order valence-electron chi connectivity index (χ4n) is 8.03. The van der Waals surface area contributed by atoms with Crippen LogP contribution < -0.4 is 4.90 Å². The zero-order chi connectivity index (χ0) is 38.4. The molecule has 1 aromatic heterocycles. The lowest BCUT2D eigenvalue weighted by Gasteiger charge is -2.26. The van der Waals surface area contributed by atoms with Crippen LogP contribution in [-0.2, 0) is 5.41 Å². The van der Waals surface area contributed by atoms with Gasteiger partial charge in [-0.15, -0.1) is 0 Å². The molecule has 2 heteroatoms. The molecule has 9 aromatic rings. The molecule has 2 nitrogen and oxygen atoms in total. The van der Waals surface area contributed by atoms with E-state index in [-0.39, 0.29) is 5.41 Å². The van der Waals surface area contributed by atoms with Gasteiger partial charge in [0, 0.05) is 33.5 Å². The van der Waals surface area contributed by atoms with Gasteiger partial charge in [0.05, 0.1) is 11.0 Å². The molecule has 9 rings (SSSR count). The van der Waals surface area contributed by atoms with Crippen molar-refractivity contribution in [3.8, 4) is 39.1 Å². The van der Waals surface area contributed by atoms with E-state index < -0.39 is 0 Å². The maximum Gasteiger partial charge on any atom is 0.0541 e. The molecule has 1 heterocycles. The molecule has 0 aliphatic carbocycles. The number of hydrogen-bond donors (Lipinski definition) is 0. The van der Waals surface area contributed by atoms with Gasteiger partial charge in [0.25, 0.3) is 0 Å². The second kappa shape index (κ2) is 14.2. The van der Waals surface area contributed by atoms with Gasteiger partial charge in [-0.1, -0.05) is 147 Å². The molecular weight excluding hydrogens is 677 g/mol. The Balaban J connectivity index is 1.12. The highest BCUT2D eigenvalue weighted by atomic mass is 15.1. The second-order valence-corrected chi connectivity index (χ2v) is 16.1. The highest BCUT2D eigenvalue weighted by Gasteiger charge is 2.19. The summed E-state index contributed by atoms with van der Waals surface area (Å²) in [5.41, 5.74) is 18.1. The van der Waals surface area contributed by atoms with E-state index in [2.05, 4.69) is 232 Å². The first-order chi connectivity index (χ1) is 27.2. The predicted molar refractivity (Wildman–Crippen MR) is 240 cm³/mol. The number of fused-ring (bicyclic) bond motifs is 3. The second-order valence-electron chi connectivity index (χ2n) is 16.1. The lowest BCUT2D eigenvalue weighted by molar-refractivity contribution is 0.591. The maximum atomic E-state index is 2.40. The zero-order valence-electron chi connectivity index (χ0n) is 32.8. The van der Waals surface area contributed by atoms with Crippen LogP contribution in [0.25, 0.3) is 60.9 Å². The van der Waals surface area contributed by atoms with E-state index in [4.69, 9.17) is 0 Å². The number of aryl methyl sites for hydroxylation is 2. The third-order valence-corrected chi connectivity index (χ3v) is 11.1. The number of para-hydroxylation sites is 1. The van der Waals surface area contributed by atoms with Crippen LogP contribution in [0.5, 0.6) is 0 Å². The molecule has 0 atom stereocenters. The number of anilines is 3. The monoisotopic (exact) mass is 722 g/mol. The molecule has 0 unspecified atom stereocenters. The average Bonchev–Trinajstić information content (AvgIpc) is 3.55. The number of hydrogen-bond acceptors (Lipinski definition) is 1. The summed E-state index contributed by atoms with van der Waals surface area (Å²) in [6.07, 6.45) is 0. The van der Waals surface area contributed by atoms with Gasteiger partial charge in [0.15, 0.2) is 0 Å². The van der Waals surface area contributed by atoms with Gasteiger partial charge in [-0.3, -0.25) is 0 Å². The van der Waals surface area contributed by atoms with Crippen molar-refractivity contribution in [3.63, 3.8) is 0 Å². The van der Waals surface area contributed by atoms with Gasteiger partial charge in [0.2, 0.25) is 0 Å². The Labute approximate surface area is 331 Å². The SMILES string of the molecule is Cc1cccc(-c2ccc(N(c3ccc(-c4cccc(C)c4)cc3)c3ccc(-c4ccc5c(c4)c4cc(C(C)(C)C)ccc4n5-c4ccccc4)cc3)cc2)c1. The van der Waals surface area contributed by atoms with Gasteiger partial charge in [-0.2, -0.15) is 0 Å². The maximum absolute atomic E-state index is 2.40. The molecule has 0 bridgehead atoms. The van der Waals surface area contributed by atoms with Crippen LogP contribution in [-0.4, -0.2) is 4.57 Å². The number of rotatable bonds is 7. The van der Waals surface area contributed by atoms with E-state index in [0.717, 1.165) is 17.1 Å². The highest BCUT2D eigenvalue weighted by Crippen LogP contribution is 2.40. The topological polar surface area (TPSA) is 8.17 Å². The van der Waals surface area contributed by atoms with Crippen molar-refractivity contribution in [1.82, 2.24) is 4.57 Å². The number of aromatic nitrogens is 1. The molecule has 0 radical (unpaired) electrons. The lowest BCUT2D eigenvalue weighted by atomic mass is 9.86. The van der Waals surface area contributed by atoms with Gasteiger partial charge in [-0.25, -0.2) is 0 Å². The van der Waals surface area contributed by atoms with Crippen LogP contribution in [0.15, 0.2) is 188 Å². The van der Waals surface area contributed by atoms with E-state index in [1.807, 2.05) is 0 Å². The Morgan fingerprint density at radius 1 is 0.375 bits per heavy atom. The van der Waals surface area contributed by atoms with E-state index in [0.29, 0.717) is 0 Å². The summed E-state index contributed by atoms with van der Waals surface area (Å²) < 4.78 is 2.40.